The first-order valence-corrected chi connectivity index (χ1v) is 6.46. The Hall–Kier alpha value is -1.58. The van der Waals surface area contributed by atoms with Crippen molar-refractivity contribution < 1.29 is 14.3 Å². The van der Waals surface area contributed by atoms with E-state index in [4.69, 9.17) is 0 Å². The molecule has 1 aromatic carbocycles. The molecule has 1 aliphatic carbocycles. The van der Waals surface area contributed by atoms with E-state index in [-0.39, 0.29) is 23.3 Å². The number of phenols is 1. The average molecular weight is 251 g/mol. The Balaban J connectivity index is 2.04. The second-order valence-electron chi connectivity index (χ2n) is 4.82. The van der Waals surface area contributed by atoms with Crippen LogP contribution in [0.15, 0.2) is 18.2 Å². The van der Waals surface area contributed by atoms with Gasteiger partial charge in [-0.05, 0) is 31.0 Å². The van der Waals surface area contributed by atoms with Crippen molar-refractivity contribution in [2.45, 2.75) is 44.6 Å². The number of nitrogens with one attached hydrogen (secondary N) is 1. The van der Waals surface area contributed by atoms with Crippen LogP contribution in [0, 0.1) is 5.82 Å². The molecule has 1 amide bonds. The average Bonchev–Trinajstić information content (AvgIpc) is 2.61. The molecular formula is C14H18FNO2. The fraction of sp³-hybridized carbons (Fsp3) is 0.500. The standard InChI is InChI=1S/C14H18FNO2/c15-10-7-8-13(17)12(9-10)14(18)16-11-5-3-1-2-4-6-11/h7-9,11,17H,1-6H2,(H,16,18). The summed E-state index contributed by atoms with van der Waals surface area (Å²) in [5.41, 5.74) is 0.0132. The molecular weight excluding hydrogens is 233 g/mol. The van der Waals surface area contributed by atoms with Crippen LogP contribution >= 0.6 is 0 Å². The number of carbonyl (C=O) groups excluding carboxylic acids is 1. The van der Waals surface area contributed by atoms with Gasteiger partial charge in [-0.1, -0.05) is 25.7 Å². The second-order valence-corrected chi connectivity index (χ2v) is 4.82. The SMILES string of the molecule is O=C(NC1CCCCCC1)c1cc(F)ccc1O. The summed E-state index contributed by atoms with van der Waals surface area (Å²) < 4.78 is 13.1. The zero-order valence-electron chi connectivity index (χ0n) is 10.3. The van der Waals surface area contributed by atoms with E-state index >= 15 is 0 Å². The van der Waals surface area contributed by atoms with E-state index in [2.05, 4.69) is 5.32 Å². The molecule has 1 aliphatic rings. The topological polar surface area (TPSA) is 49.3 Å². The molecule has 4 heteroatoms. The molecule has 2 N–H and O–H groups in total. The maximum Gasteiger partial charge on any atom is 0.255 e. The van der Waals surface area contributed by atoms with Crippen LogP contribution in [-0.4, -0.2) is 17.1 Å². The number of aromatic hydroxyl groups is 1. The summed E-state index contributed by atoms with van der Waals surface area (Å²) in [5, 5.41) is 12.4. The van der Waals surface area contributed by atoms with Crippen LogP contribution in [0.1, 0.15) is 48.9 Å². The van der Waals surface area contributed by atoms with Gasteiger partial charge in [0.05, 0.1) is 5.56 Å². The first kappa shape index (κ1) is 12.9. The summed E-state index contributed by atoms with van der Waals surface area (Å²) in [5.74, 6) is -1.08. The molecule has 0 bridgehead atoms. The minimum atomic E-state index is -0.515. The number of amides is 1. The summed E-state index contributed by atoms with van der Waals surface area (Å²) in [6.07, 6.45) is 6.55. The highest BCUT2D eigenvalue weighted by Crippen LogP contribution is 2.20. The number of hydrogen-bond donors (Lipinski definition) is 2. The lowest BCUT2D eigenvalue weighted by Gasteiger charge is -2.16. The number of phenolic OH excluding ortho intramolecular Hbond substituents is 1. The van der Waals surface area contributed by atoms with Crippen molar-refractivity contribution in [3.8, 4) is 5.75 Å². The van der Waals surface area contributed by atoms with Crippen molar-refractivity contribution in [2.24, 2.45) is 0 Å². The quantitative estimate of drug-likeness (QED) is 0.794. The number of halogens is 1. The van der Waals surface area contributed by atoms with E-state index in [1.807, 2.05) is 0 Å². The third-order valence-electron chi connectivity index (χ3n) is 3.39. The number of hydrogen-bond acceptors (Lipinski definition) is 2. The Labute approximate surface area is 106 Å². The van der Waals surface area contributed by atoms with Crippen molar-refractivity contribution in [2.75, 3.05) is 0 Å². The number of carbonyl (C=O) groups is 1. The van der Waals surface area contributed by atoms with Crippen molar-refractivity contribution in [1.82, 2.24) is 5.32 Å². The van der Waals surface area contributed by atoms with Crippen LogP contribution < -0.4 is 5.32 Å². The first-order chi connectivity index (χ1) is 8.66. The van der Waals surface area contributed by atoms with Gasteiger partial charge in [-0.3, -0.25) is 4.79 Å². The molecule has 0 heterocycles. The van der Waals surface area contributed by atoms with Gasteiger partial charge in [-0.25, -0.2) is 4.39 Å². The molecule has 0 unspecified atom stereocenters. The van der Waals surface area contributed by atoms with Gasteiger partial charge in [-0.2, -0.15) is 0 Å². The Morgan fingerprint density at radius 1 is 1.22 bits per heavy atom. The lowest BCUT2D eigenvalue weighted by atomic mass is 10.1. The van der Waals surface area contributed by atoms with Crippen LogP contribution in [0.25, 0.3) is 0 Å². The fourth-order valence-electron chi connectivity index (χ4n) is 2.38. The van der Waals surface area contributed by atoms with E-state index in [0.29, 0.717) is 0 Å². The van der Waals surface area contributed by atoms with Gasteiger partial charge < -0.3 is 10.4 Å². The van der Waals surface area contributed by atoms with Crippen LogP contribution in [0.4, 0.5) is 4.39 Å². The molecule has 1 aromatic rings. The van der Waals surface area contributed by atoms with Gasteiger partial charge in [0.2, 0.25) is 0 Å². The second kappa shape index (κ2) is 5.85. The highest BCUT2D eigenvalue weighted by molar-refractivity contribution is 5.96. The zero-order chi connectivity index (χ0) is 13.0. The fourth-order valence-corrected chi connectivity index (χ4v) is 2.38. The molecule has 1 saturated carbocycles. The van der Waals surface area contributed by atoms with Gasteiger partial charge in [0.15, 0.2) is 0 Å². The van der Waals surface area contributed by atoms with Crippen molar-refractivity contribution in [1.29, 1.82) is 0 Å². The van der Waals surface area contributed by atoms with Gasteiger partial charge in [0, 0.05) is 6.04 Å². The molecule has 3 nitrogen and oxygen atoms in total. The third kappa shape index (κ3) is 3.22. The van der Waals surface area contributed by atoms with Crippen molar-refractivity contribution in [3.63, 3.8) is 0 Å². The Morgan fingerprint density at radius 3 is 2.56 bits per heavy atom. The summed E-state index contributed by atoms with van der Waals surface area (Å²) >= 11 is 0. The minimum absolute atomic E-state index is 0.0132. The highest BCUT2D eigenvalue weighted by Gasteiger charge is 2.18. The zero-order valence-corrected chi connectivity index (χ0v) is 10.3. The molecule has 2 rings (SSSR count). The van der Waals surface area contributed by atoms with Gasteiger partial charge in [0.1, 0.15) is 11.6 Å². The maximum absolute atomic E-state index is 13.1. The van der Waals surface area contributed by atoms with Gasteiger partial charge >= 0.3 is 0 Å². The Kier molecular flexibility index (Phi) is 4.18. The van der Waals surface area contributed by atoms with Crippen molar-refractivity contribution in [3.05, 3.63) is 29.6 Å². The van der Waals surface area contributed by atoms with E-state index in [1.165, 1.54) is 18.9 Å². The van der Waals surface area contributed by atoms with Crippen LogP contribution in [0.3, 0.4) is 0 Å². The maximum atomic E-state index is 13.1. The predicted octanol–water partition coefficient (Wildman–Crippen LogP) is 2.98. The summed E-state index contributed by atoms with van der Waals surface area (Å²) in [6, 6.07) is 3.55. The molecule has 1 fully saturated rings. The number of rotatable bonds is 2. The molecule has 0 aromatic heterocycles. The van der Waals surface area contributed by atoms with E-state index in [1.54, 1.807) is 0 Å². The minimum Gasteiger partial charge on any atom is -0.507 e. The van der Waals surface area contributed by atoms with E-state index < -0.39 is 5.82 Å². The number of benzene rings is 1. The van der Waals surface area contributed by atoms with E-state index in [0.717, 1.165) is 37.8 Å². The third-order valence-corrected chi connectivity index (χ3v) is 3.39. The monoisotopic (exact) mass is 251 g/mol. The van der Waals surface area contributed by atoms with Crippen LogP contribution in [0.5, 0.6) is 5.75 Å². The molecule has 0 radical (unpaired) electrons. The van der Waals surface area contributed by atoms with Gasteiger partial charge in [-0.15, -0.1) is 0 Å². The largest absolute Gasteiger partial charge is 0.507 e. The summed E-state index contributed by atoms with van der Waals surface area (Å²) in [7, 11) is 0. The normalized spacial score (nSPS) is 17.2. The highest BCUT2D eigenvalue weighted by atomic mass is 19.1. The molecule has 0 saturated heterocycles. The smallest absolute Gasteiger partial charge is 0.255 e. The molecule has 18 heavy (non-hydrogen) atoms. The molecule has 98 valence electrons. The van der Waals surface area contributed by atoms with Gasteiger partial charge in [0.25, 0.3) is 5.91 Å². The first-order valence-electron chi connectivity index (χ1n) is 6.46. The molecule has 0 aliphatic heterocycles. The summed E-state index contributed by atoms with van der Waals surface area (Å²) in [6.45, 7) is 0. The molecule has 0 spiro atoms. The van der Waals surface area contributed by atoms with Crippen LogP contribution in [-0.2, 0) is 0 Å². The van der Waals surface area contributed by atoms with E-state index in [9.17, 15) is 14.3 Å². The lowest BCUT2D eigenvalue weighted by Crippen LogP contribution is -2.34. The Morgan fingerprint density at radius 2 is 1.89 bits per heavy atom. The summed E-state index contributed by atoms with van der Waals surface area (Å²) in [4.78, 5) is 12.0. The lowest BCUT2D eigenvalue weighted by molar-refractivity contribution is 0.0930. The van der Waals surface area contributed by atoms with Crippen LogP contribution in [0.2, 0.25) is 0 Å². The molecule has 0 atom stereocenters. The predicted molar refractivity (Wildman–Crippen MR) is 67.0 cm³/mol. The van der Waals surface area contributed by atoms with Crippen molar-refractivity contribution >= 4 is 5.91 Å². The Bertz CT molecular complexity index is 426.